The number of carbonyl (C=O) groups is 2. The summed E-state index contributed by atoms with van der Waals surface area (Å²) in [6.07, 6.45) is 7.93. The fourth-order valence-electron chi connectivity index (χ4n) is 2.44. The summed E-state index contributed by atoms with van der Waals surface area (Å²) in [4.78, 5) is 30.2. The first-order valence-electron chi connectivity index (χ1n) is 8.22. The second kappa shape index (κ2) is 8.66. The Balaban J connectivity index is 1.56. The van der Waals surface area contributed by atoms with Gasteiger partial charge in [0.1, 0.15) is 12.0 Å². The molecule has 3 heterocycles. The van der Waals surface area contributed by atoms with Crippen LogP contribution in [0.4, 0.5) is 0 Å². The largest absolute Gasteiger partial charge is 0.472 e. The number of carbonyl (C=O) groups excluding carboxylic acids is 2. The maximum Gasteiger partial charge on any atom is 0.257 e. The molecule has 0 saturated heterocycles. The predicted octanol–water partition coefficient (Wildman–Crippen LogP) is 2.62. The molecule has 7 heteroatoms. The molecule has 0 atom stereocenters. The van der Waals surface area contributed by atoms with Crippen molar-refractivity contribution in [2.75, 3.05) is 6.54 Å². The Morgan fingerprint density at radius 2 is 1.96 bits per heavy atom. The third-order valence-corrected chi connectivity index (χ3v) is 3.83. The zero-order valence-corrected chi connectivity index (χ0v) is 14.1. The molecule has 7 nitrogen and oxygen atoms in total. The number of amides is 2. The molecular formula is C19H19N3O4. The average molecular weight is 353 g/mol. The highest BCUT2D eigenvalue weighted by Gasteiger charge is 2.19. The van der Waals surface area contributed by atoms with Crippen LogP contribution in [0, 0.1) is 0 Å². The summed E-state index contributed by atoms with van der Waals surface area (Å²) in [6.45, 7) is 0.983. The number of nitrogens with zero attached hydrogens (tertiary/aromatic N) is 2. The van der Waals surface area contributed by atoms with Crippen LogP contribution in [0.25, 0.3) is 0 Å². The third-order valence-electron chi connectivity index (χ3n) is 3.83. The lowest BCUT2D eigenvalue weighted by molar-refractivity contribution is -0.121. The third kappa shape index (κ3) is 4.83. The van der Waals surface area contributed by atoms with Crippen LogP contribution in [-0.4, -0.2) is 28.2 Å². The molecule has 0 aromatic carbocycles. The molecule has 0 bridgehead atoms. The Bertz CT molecular complexity index is 814. The first kappa shape index (κ1) is 17.5. The van der Waals surface area contributed by atoms with Crippen LogP contribution in [-0.2, 0) is 17.9 Å². The molecule has 3 aromatic heterocycles. The van der Waals surface area contributed by atoms with Crippen LogP contribution in [0.5, 0.6) is 0 Å². The van der Waals surface area contributed by atoms with E-state index < -0.39 is 0 Å². The van der Waals surface area contributed by atoms with Gasteiger partial charge >= 0.3 is 0 Å². The van der Waals surface area contributed by atoms with Crippen LogP contribution in [0.2, 0.25) is 0 Å². The van der Waals surface area contributed by atoms with Gasteiger partial charge < -0.3 is 19.1 Å². The highest BCUT2D eigenvalue weighted by atomic mass is 16.3. The summed E-state index contributed by atoms with van der Waals surface area (Å²) >= 11 is 0. The molecule has 1 N–H and O–H groups in total. The van der Waals surface area contributed by atoms with Crippen LogP contribution in [0.3, 0.4) is 0 Å². The van der Waals surface area contributed by atoms with E-state index in [0.29, 0.717) is 17.9 Å². The molecular weight excluding hydrogens is 334 g/mol. The lowest BCUT2D eigenvalue weighted by Crippen LogP contribution is -2.34. The fraction of sp³-hybridized carbons (Fsp3) is 0.211. The summed E-state index contributed by atoms with van der Waals surface area (Å²) < 4.78 is 10.3. The lowest BCUT2D eigenvalue weighted by Gasteiger charge is -2.20. The number of furan rings is 2. The molecule has 0 saturated carbocycles. The van der Waals surface area contributed by atoms with Crippen molar-refractivity contribution in [3.05, 3.63) is 78.4 Å². The van der Waals surface area contributed by atoms with Gasteiger partial charge in [-0.15, -0.1) is 0 Å². The van der Waals surface area contributed by atoms with Gasteiger partial charge in [0.25, 0.3) is 5.91 Å². The maximum atomic E-state index is 12.6. The predicted molar refractivity (Wildman–Crippen MR) is 92.9 cm³/mol. The van der Waals surface area contributed by atoms with E-state index in [-0.39, 0.29) is 31.3 Å². The quantitative estimate of drug-likeness (QED) is 0.672. The van der Waals surface area contributed by atoms with Crippen molar-refractivity contribution in [1.82, 2.24) is 15.2 Å². The number of rotatable bonds is 8. The zero-order chi connectivity index (χ0) is 18.2. The minimum Gasteiger partial charge on any atom is -0.472 e. The van der Waals surface area contributed by atoms with Crippen molar-refractivity contribution in [3.63, 3.8) is 0 Å². The van der Waals surface area contributed by atoms with Crippen LogP contribution >= 0.6 is 0 Å². The van der Waals surface area contributed by atoms with Crippen LogP contribution < -0.4 is 5.32 Å². The van der Waals surface area contributed by atoms with Crippen molar-refractivity contribution in [3.8, 4) is 0 Å². The Labute approximate surface area is 150 Å². The molecule has 0 spiro atoms. The first-order valence-corrected chi connectivity index (χ1v) is 8.22. The smallest absolute Gasteiger partial charge is 0.257 e. The van der Waals surface area contributed by atoms with Gasteiger partial charge in [0.2, 0.25) is 5.91 Å². The van der Waals surface area contributed by atoms with Gasteiger partial charge in [0, 0.05) is 31.9 Å². The molecule has 3 rings (SSSR count). The minimum absolute atomic E-state index is 0.133. The van der Waals surface area contributed by atoms with Gasteiger partial charge in [-0.3, -0.25) is 14.6 Å². The number of pyridine rings is 1. The number of hydrogen-bond acceptors (Lipinski definition) is 5. The topological polar surface area (TPSA) is 88.6 Å². The Morgan fingerprint density at radius 3 is 2.65 bits per heavy atom. The molecule has 0 unspecified atom stereocenters. The second-order valence-electron chi connectivity index (χ2n) is 5.70. The van der Waals surface area contributed by atoms with E-state index in [9.17, 15) is 9.59 Å². The minimum atomic E-state index is -0.211. The second-order valence-corrected chi connectivity index (χ2v) is 5.70. The molecule has 2 amide bonds. The Morgan fingerprint density at radius 1 is 1.12 bits per heavy atom. The van der Waals surface area contributed by atoms with E-state index in [1.807, 2.05) is 12.1 Å². The molecule has 134 valence electrons. The number of aromatic nitrogens is 1. The summed E-state index contributed by atoms with van der Waals surface area (Å²) in [6, 6.07) is 8.83. The van der Waals surface area contributed by atoms with Gasteiger partial charge in [-0.25, -0.2) is 0 Å². The summed E-state index contributed by atoms with van der Waals surface area (Å²) in [5, 5.41) is 2.84. The highest BCUT2D eigenvalue weighted by molar-refractivity contribution is 5.94. The van der Waals surface area contributed by atoms with Crippen molar-refractivity contribution < 1.29 is 18.4 Å². The summed E-state index contributed by atoms with van der Waals surface area (Å²) in [5.74, 6) is 0.308. The van der Waals surface area contributed by atoms with Crippen molar-refractivity contribution >= 4 is 11.8 Å². The van der Waals surface area contributed by atoms with Gasteiger partial charge in [-0.05, 0) is 35.9 Å². The first-order chi connectivity index (χ1) is 12.7. The van der Waals surface area contributed by atoms with Crippen LogP contribution in [0.15, 0.2) is 70.3 Å². The lowest BCUT2D eigenvalue weighted by atomic mass is 10.2. The molecule has 0 aliphatic carbocycles. The molecule has 3 aromatic rings. The van der Waals surface area contributed by atoms with E-state index in [2.05, 4.69) is 10.3 Å². The Hall–Kier alpha value is -3.35. The summed E-state index contributed by atoms with van der Waals surface area (Å²) in [7, 11) is 0. The Kier molecular flexibility index (Phi) is 5.82. The normalized spacial score (nSPS) is 10.5. The number of nitrogens with one attached hydrogen (secondary N) is 1. The monoisotopic (exact) mass is 353 g/mol. The number of hydrogen-bond donors (Lipinski definition) is 1. The average Bonchev–Trinajstić information content (AvgIpc) is 3.37. The molecule has 0 radical (unpaired) electrons. The van der Waals surface area contributed by atoms with Gasteiger partial charge in [-0.2, -0.15) is 0 Å². The fourth-order valence-corrected chi connectivity index (χ4v) is 2.44. The van der Waals surface area contributed by atoms with Gasteiger partial charge in [-0.1, -0.05) is 0 Å². The highest BCUT2D eigenvalue weighted by Crippen LogP contribution is 2.12. The van der Waals surface area contributed by atoms with E-state index >= 15 is 0 Å². The molecule has 0 aliphatic heterocycles. The van der Waals surface area contributed by atoms with Crippen molar-refractivity contribution in [2.45, 2.75) is 19.5 Å². The van der Waals surface area contributed by atoms with E-state index in [1.165, 1.54) is 12.5 Å². The van der Waals surface area contributed by atoms with Gasteiger partial charge in [0.15, 0.2) is 0 Å². The molecule has 0 aliphatic rings. The van der Waals surface area contributed by atoms with E-state index in [4.69, 9.17) is 8.83 Å². The maximum absolute atomic E-state index is 12.6. The zero-order valence-electron chi connectivity index (χ0n) is 14.1. The van der Waals surface area contributed by atoms with E-state index in [0.717, 1.165) is 5.56 Å². The van der Waals surface area contributed by atoms with Gasteiger partial charge in [0.05, 0.1) is 24.6 Å². The van der Waals surface area contributed by atoms with Crippen molar-refractivity contribution in [2.24, 2.45) is 0 Å². The standard InChI is InChI=1S/C19H19N3O4/c23-18(21-12-15-3-7-20-8-4-15)5-9-22(13-17-2-1-10-26-17)19(24)16-6-11-25-14-16/h1-4,6-8,10-11,14H,5,9,12-13H2,(H,21,23). The van der Waals surface area contributed by atoms with E-state index in [1.54, 1.807) is 41.8 Å². The SMILES string of the molecule is O=C(CCN(Cc1ccco1)C(=O)c1ccoc1)NCc1ccncc1. The van der Waals surface area contributed by atoms with Crippen LogP contribution in [0.1, 0.15) is 28.1 Å². The molecule has 26 heavy (non-hydrogen) atoms. The van der Waals surface area contributed by atoms with Crippen molar-refractivity contribution in [1.29, 1.82) is 0 Å². The molecule has 0 fully saturated rings. The summed E-state index contributed by atoms with van der Waals surface area (Å²) in [5.41, 5.74) is 1.41.